The van der Waals surface area contributed by atoms with E-state index in [1.165, 1.54) is 19.2 Å². The van der Waals surface area contributed by atoms with Gasteiger partial charge in [0.2, 0.25) is 10.9 Å². The third-order valence-electron chi connectivity index (χ3n) is 11.6. The van der Waals surface area contributed by atoms with Crippen molar-refractivity contribution >= 4 is 50.9 Å². The van der Waals surface area contributed by atoms with E-state index in [0.29, 0.717) is 48.6 Å². The molecule has 0 radical (unpaired) electrons. The second kappa shape index (κ2) is 13.9. The van der Waals surface area contributed by atoms with Crippen molar-refractivity contribution in [3.63, 3.8) is 0 Å². The number of benzene rings is 2. The Morgan fingerprint density at radius 3 is 2.23 bits per heavy atom. The van der Waals surface area contributed by atoms with Gasteiger partial charge in [-0.25, -0.2) is 13.6 Å². The minimum absolute atomic E-state index is 0.0346. The lowest BCUT2D eigenvalue weighted by atomic mass is 10.1. The van der Waals surface area contributed by atoms with Gasteiger partial charge in [-0.3, -0.25) is 14.9 Å². The summed E-state index contributed by atoms with van der Waals surface area (Å²) in [5.74, 6) is -0.940. The number of rotatable bonds is 8. The summed E-state index contributed by atoms with van der Waals surface area (Å²) < 4.78 is 47.0. The van der Waals surface area contributed by atoms with E-state index in [2.05, 4.69) is 37.6 Å². The summed E-state index contributed by atoms with van der Waals surface area (Å²) in [7, 11) is 5.54. The lowest BCUT2D eigenvalue weighted by Gasteiger charge is -2.39. The number of aromatic nitrogens is 4. The number of piperazine rings is 2. The predicted molar refractivity (Wildman–Crippen MR) is 209 cm³/mol. The number of amides is 2. The van der Waals surface area contributed by atoms with Gasteiger partial charge >= 0.3 is 12.0 Å². The number of hydrogen-bond acceptors (Lipinski definition) is 11. The van der Waals surface area contributed by atoms with E-state index < -0.39 is 28.5 Å². The smallest absolute Gasteiger partial charge is 0.327 e. The molecule has 294 valence electrons. The lowest BCUT2D eigenvalue weighted by molar-refractivity contribution is 0.232. The number of anilines is 4. The Kier molecular flexibility index (Phi) is 8.95. The molecule has 56 heavy (non-hydrogen) atoms. The Bertz CT molecular complexity index is 2500. The van der Waals surface area contributed by atoms with Crippen LogP contribution in [0.2, 0.25) is 0 Å². The normalized spacial score (nSPS) is 19.6. The average Bonchev–Trinajstić information content (AvgIpc) is 4.13. The Morgan fingerprint density at radius 1 is 0.839 bits per heavy atom. The van der Waals surface area contributed by atoms with Crippen molar-refractivity contribution in [3.05, 3.63) is 62.7 Å². The molecule has 2 aliphatic carbocycles. The summed E-state index contributed by atoms with van der Waals surface area (Å²) in [4.78, 5) is 49.4. The maximum Gasteiger partial charge on any atom is 0.327 e. The quantitative estimate of drug-likeness (QED) is 0.223. The van der Waals surface area contributed by atoms with Crippen LogP contribution >= 0.6 is 0 Å². The summed E-state index contributed by atoms with van der Waals surface area (Å²) in [5.41, 5.74) is 0.798. The second-order valence-electron chi connectivity index (χ2n) is 15.5. The van der Waals surface area contributed by atoms with Gasteiger partial charge in [-0.2, -0.15) is 0 Å². The molecule has 1 unspecified atom stereocenters. The summed E-state index contributed by atoms with van der Waals surface area (Å²) >= 11 is 0. The molecule has 15 nitrogen and oxygen atoms in total. The highest BCUT2D eigenvalue weighted by Gasteiger charge is 2.33. The van der Waals surface area contributed by atoms with Crippen LogP contribution < -0.4 is 36.0 Å². The number of carbonyl (C=O) groups excluding carboxylic acids is 1. The molecule has 2 saturated carbocycles. The SMILES string of the molecule is COc1c(N2CCN(C)C(C)C2)c(F)cc2c(=O)c(NC(=O)Nc3nnc(-c4cn(C5CC5)c5cc(N6CCN(C)CC6)c(F)cc5c4=O)o3)cn(C3CC3)c12. The van der Waals surface area contributed by atoms with Crippen LogP contribution in [0.1, 0.15) is 44.7 Å². The monoisotopic (exact) mass is 770 g/mol. The number of nitrogens with one attached hydrogen (secondary N) is 2. The fraction of sp³-hybridized carbons (Fsp3) is 0.462. The molecule has 1 atom stereocenters. The number of methoxy groups -OCH3 is 1. The molecule has 2 aromatic carbocycles. The highest BCUT2D eigenvalue weighted by Crippen LogP contribution is 2.44. The van der Waals surface area contributed by atoms with E-state index in [1.807, 2.05) is 33.0 Å². The van der Waals surface area contributed by atoms with Gasteiger partial charge in [0.25, 0.3) is 5.89 Å². The van der Waals surface area contributed by atoms with Gasteiger partial charge in [0.15, 0.2) is 11.6 Å². The summed E-state index contributed by atoms with van der Waals surface area (Å²) in [6, 6.07) is 3.43. The number of carbonyl (C=O) groups is 1. The molecule has 9 rings (SSSR count). The Morgan fingerprint density at radius 2 is 1.54 bits per heavy atom. The molecule has 2 N–H and O–H groups in total. The fourth-order valence-electron chi connectivity index (χ4n) is 8.00. The van der Waals surface area contributed by atoms with Gasteiger partial charge in [-0.05, 0) is 64.9 Å². The van der Waals surface area contributed by atoms with Crippen LogP contribution in [0, 0.1) is 11.6 Å². The molecule has 5 heterocycles. The molecule has 5 aromatic rings. The molecule has 0 bridgehead atoms. The van der Waals surface area contributed by atoms with Gasteiger partial charge in [-0.15, -0.1) is 5.10 Å². The standard InChI is InChI=1S/C39H44F2N10O5/c1-21-18-49(14-11-47(21)3)33-28(41)16-25-32(36(33)55-4)51(23-7-8-23)20-29(35(25)53)42-38(54)43-39-45-44-37(56-39)26-19-50(22-5-6-22)30-17-31(27(40)15-24(30)34(26)52)48-12-9-46(2)10-13-48/h15-17,19-23H,5-14,18H2,1-4H3,(H2,42,43,45,54). The third kappa shape index (κ3) is 6.41. The number of fused-ring (bicyclic) bond motifs is 2. The number of urea groups is 1. The van der Waals surface area contributed by atoms with E-state index in [9.17, 15) is 14.4 Å². The van der Waals surface area contributed by atoms with Crippen LogP contribution in [0.4, 0.5) is 36.7 Å². The molecular formula is C39H44F2N10O5. The molecular weight excluding hydrogens is 726 g/mol. The van der Waals surface area contributed by atoms with Crippen molar-refractivity contribution in [1.29, 1.82) is 0 Å². The van der Waals surface area contributed by atoms with Gasteiger partial charge in [-0.1, -0.05) is 5.10 Å². The average molecular weight is 771 g/mol. The second-order valence-corrected chi connectivity index (χ2v) is 15.5. The maximum absolute atomic E-state index is 16.0. The zero-order valence-electron chi connectivity index (χ0n) is 31.8. The van der Waals surface area contributed by atoms with Crippen molar-refractivity contribution in [1.82, 2.24) is 29.1 Å². The predicted octanol–water partition coefficient (Wildman–Crippen LogP) is 4.86. The largest absolute Gasteiger partial charge is 0.492 e. The van der Waals surface area contributed by atoms with Crippen LogP contribution in [-0.2, 0) is 0 Å². The highest BCUT2D eigenvalue weighted by molar-refractivity contribution is 6.01. The molecule has 2 saturated heterocycles. The van der Waals surface area contributed by atoms with Crippen LogP contribution in [0.25, 0.3) is 33.3 Å². The van der Waals surface area contributed by atoms with Crippen LogP contribution in [-0.4, -0.2) is 108 Å². The summed E-state index contributed by atoms with van der Waals surface area (Å²) in [6.07, 6.45) is 6.71. The minimum atomic E-state index is -0.859. The Labute approximate surface area is 320 Å². The molecule has 4 fully saturated rings. The minimum Gasteiger partial charge on any atom is -0.492 e. The van der Waals surface area contributed by atoms with E-state index >= 15 is 8.78 Å². The number of nitrogens with zero attached hydrogens (tertiary/aromatic N) is 8. The molecule has 17 heteroatoms. The van der Waals surface area contributed by atoms with Crippen molar-refractivity contribution < 1.29 is 22.7 Å². The maximum atomic E-state index is 16.0. The zero-order valence-corrected chi connectivity index (χ0v) is 31.8. The van der Waals surface area contributed by atoms with Crippen molar-refractivity contribution in [2.75, 3.05) is 87.5 Å². The van der Waals surface area contributed by atoms with Crippen LogP contribution in [0.3, 0.4) is 0 Å². The first-order valence-electron chi connectivity index (χ1n) is 19.1. The van der Waals surface area contributed by atoms with Crippen molar-refractivity contribution in [2.24, 2.45) is 0 Å². The zero-order chi connectivity index (χ0) is 39.0. The first kappa shape index (κ1) is 36.1. The molecule has 4 aliphatic rings. The first-order valence-corrected chi connectivity index (χ1v) is 19.1. The number of pyridine rings is 2. The van der Waals surface area contributed by atoms with Crippen molar-refractivity contribution in [3.8, 4) is 17.2 Å². The number of hydrogen-bond donors (Lipinski definition) is 2. The molecule has 0 spiro atoms. The summed E-state index contributed by atoms with van der Waals surface area (Å²) in [5, 5.41) is 13.3. The summed E-state index contributed by atoms with van der Waals surface area (Å²) in [6.45, 7) is 6.99. The van der Waals surface area contributed by atoms with E-state index in [1.54, 1.807) is 18.5 Å². The first-order chi connectivity index (χ1) is 27.0. The van der Waals surface area contributed by atoms with E-state index in [4.69, 9.17) is 9.15 Å². The van der Waals surface area contributed by atoms with Gasteiger partial charge < -0.3 is 43.2 Å². The van der Waals surface area contributed by atoms with E-state index in [0.717, 1.165) is 45.3 Å². The van der Waals surface area contributed by atoms with Gasteiger partial charge in [0.1, 0.15) is 22.8 Å². The van der Waals surface area contributed by atoms with E-state index in [-0.39, 0.29) is 57.8 Å². The topological polar surface area (TPSA) is 146 Å². The Balaban J connectivity index is 0.998. The molecule has 2 aliphatic heterocycles. The highest BCUT2D eigenvalue weighted by atomic mass is 19.1. The van der Waals surface area contributed by atoms with Gasteiger partial charge in [0.05, 0.1) is 29.2 Å². The van der Waals surface area contributed by atoms with Crippen LogP contribution in [0.15, 0.2) is 44.6 Å². The van der Waals surface area contributed by atoms with Gasteiger partial charge in [0, 0.05) is 81.7 Å². The van der Waals surface area contributed by atoms with Crippen LogP contribution in [0.5, 0.6) is 5.75 Å². The van der Waals surface area contributed by atoms with Crippen molar-refractivity contribution in [2.45, 2.75) is 50.7 Å². The Hall–Kier alpha value is -5.55. The number of likely N-dealkylation sites (N-methyl/N-ethyl adjacent to an activating group) is 2. The third-order valence-corrected chi connectivity index (χ3v) is 11.6. The number of halogens is 2. The lowest BCUT2D eigenvalue weighted by Crippen LogP contribution is -2.50. The fourth-order valence-corrected chi connectivity index (χ4v) is 8.00. The molecule has 3 aromatic heterocycles. The number of ether oxygens (including phenoxy) is 1. The molecule has 2 amide bonds.